The Labute approximate surface area is 100 Å². The second kappa shape index (κ2) is 5.01. The maximum Gasteiger partial charge on any atom is 0.219 e. The van der Waals surface area contributed by atoms with Gasteiger partial charge < -0.3 is 9.84 Å². The molecular formula is C13H16N2O2. The molecule has 4 heteroatoms. The van der Waals surface area contributed by atoms with Gasteiger partial charge in [-0.05, 0) is 19.1 Å². The molecule has 0 saturated heterocycles. The number of hydrogen-bond acceptors (Lipinski definition) is 3. The standard InChI is InChI=1S/C13H16N2O2/c1-10-3-5-12(6-4-10)15-13(17-2)11(7-8-16)9-14-15/h3-6,9,16H,7-8H2,1-2H3. The molecule has 1 N–H and O–H groups in total. The van der Waals surface area contributed by atoms with Gasteiger partial charge in [-0.25, -0.2) is 4.68 Å². The van der Waals surface area contributed by atoms with Crippen LogP contribution in [0.15, 0.2) is 30.5 Å². The number of methoxy groups -OCH3 is 1. The highest BCUT2D eigenvalue weighted by Crippen LogP contribution is 2.22. The molecule has 1 aromatic heterocycles. The van der Waals surface area contributed by atoms with Gasteiger partial charge in [-0.2, -0.15) is 5.10 Å². The molecule has 0 bridgehead atoms. The Morgan fingerprint density at radius 3 is 2.59 bits per heavy atom. The molecule has 17 heavy (non-hydrogen) atoms. The number of aryl methyl sites for hydroxylation is 1. The van der Waals surface area contributed by atoms with Crippen molar-refractivity contribution in [2.75, 3.05) is 13.7 Å². The molecule has 0 spiro atoms. The fourth-order valence-electron chi connectivity index (χ4n) is 1.75. The highest BCUT2D eigenvalue weighted by Gasteiger charge is 2.11. The number of aliphatic hydroxyl groups excluding tert-OH is 1. The molecule has 0 fully saturated rings. The summed E-state index contributed by atoms with van der Waals surface area (Å²) in [5, 5.41) is 13.2. The van der Waals surface area contributed by atoms with E-state index in [1.54, 1.807) is 18.0 Å². The topological polar surface area (TPSA) is 47.3 Å². The number of aromatic nitrogens is 2. The van der Waals surface area contributed by atoms with Gasteiger partial charge in [-0.15, -0.1) is 0 Å². The van der Waals surface area contributed by atoms with Gasteiger partial charge in [0.1, 0.15) is 0 Å². The van der Waals surface area contributed by atoms with E-state index < -0.39 is 0 Å². The zero-order valence-corrected chi connectivity index (χ0v) is 10.1. The van der Waals surface area contributed by atoms with Crippen LogP contribution in [0.4, 0.5) is 0 Å². The van der Waals surface area contributed by atoms with Gasteiger partial charge in [-0.3, -0.25) is 0 Å². The van der Waals surface area contributed by atoms with Crippen molar-refractivity contribution in [1.82, 2.24) is 9.78 Å². The monoisotopic (exact) mass is 232 g/mol. The molecule has 0 saturated carbocycles. The largest absolute Gasteiger partial charge is 0.481 e. The first-order chi connectivity index (χ1) is 8.26. The van der Waals surface area contributed by atoms with Crippen LogP contribution in [0.25, 0.3) is 5.69 Å². The molecule has 0 aliphatic heterocycles. The lowest BCUT2D eigenvalue weighted by Crippen LogP contribution is -2.01. The van der Waals surface area contributed by atoms with E-state index in [2.05, 4.69) is 5.10 Å². The fourth-order valence-corrected chi connectivity index (χ4v) is 1.75. The van der Waals surface area contributed by atoms with Gasteiger partial charge in [-0.1, -0.05) is 17.7 Å². The summed E-state index contributed by atoms with van der Waals surface area (Å²) in [6.07, 6.45) is 2.28. The molecule has 4 nitrogen and oxygen atoms in total. The van der Waals surface area contributed by atoms with Crippen molar-refractivity contribution >= 4 is 0 Å². The quantitative estimate of drug-likeness (QED) is 0.873. The molecule has 0 radical (unpaired) electrons. The molecule has 0 unspecified atom stereocenters. The zero-order valence-electron chi connectivity index (χ0n) is 10.1. The van der Waals surface area contributed by atoms with Crippen molar-refractivity contribution in [3.8, 4) is 11.6 Å². The van der Waals surface area contributed by atoms with E-state index >= 15 is 0 Å². The highest BCUT2D eigenvalue weighted by atomic mass is 16.5. The Balaban J connectivity index is 2.41. The predicted molar refractivity (Wildman–Crippen MR) is 65.6 cm³/mol. The number of hydrogen-bond donors (Lipinski definition) is 1. The fraction of sp³-hybridized carbons (Fsp3) is 0.308. The summed E-state index contributed by atoms with van der Waals surface area (Å²) in [5.41, 5.74) is 3.07. The van der Waals surface area contributed by atoms with E-state index in [1.165, 1.54) is 5.56 Å². The van der Waals surface area contributed by atoms with Crippen molar-refractivity contribution < 1.29 is 9.84 Å². The van der Waals surface area contributed by atoms with Gasteiger partial charge >= 0.3 is 0 Å². The average Bonchev–Trinajstić information content (AvgIpc) is 2.73. The Kier molecular flexibility index (Phi) is 3.44. The maximum atomic E-state index is 8.96. The summed E-state index contributed by atoms with van der Waals surface area (Å²) >= 11 is 0. The lowest BCUT2D eigenvalue weighted by atomic mass is 10.2. The predicted octanol–water partition coefficient (Wildman–Crippen LogP) is 1.72. The van der Waals surface area contributed by atoms with E-state index in [4.69, 9.17) is 9.84 Å². The van der Waals surface area contributed by atoms with Crippen LogP contribution < -0.4 is 4.74 Å². The second-order valence-electron chi connectivity index (χ2n) is 3.90. The average molecular weight is 232 g/mol. The van der Waals surface area contributed by atoms with Crippen LogP contribution in [0, 0.1) is 6.92 Å². The molecule has 2 aromatic rings. The molecular weight excluding hydrogens is 216 g/mol. The summed E-state index contributed by atoms with van der Waals surface area (Å²) in [6.45, 7) is 2.14. The first-order valence-electron chi connectivity index (χ1n) is 5.55. The van der Waals surface area contributed by atoms with Crippen molar-refractivity contribution in [1.29, 1.82) is 0 Å². The van der Waals surface area contributed by atoms with Crippen LogP contribution in [0.1, 0.15) is 11.1 Å². The van der Waals surface area contributed by atoms with E-state index in [9.17, 15) is 0 Å². The van der Waals surface area contributed by atoms with Crippen molar-refractivity contribution in [3.63, 3.8) is 0 Å². The number of nitrogens with zero attached hydrogens (tertiary/aromatic N) is 2. The van der Waals surface area contributed by atoms with Crippen LogP contribution in [0.5, 0.6) is 5.88 Å². The van der Waals surface area contributed by atoms with Gasteiger partial charge in [0, 0.05) is 18.6 Å². The molecule has 0 atom stereocenters. The van der Waals surface area contributed by atoms with E-state index in [-0.39, 0.29) is 6.61 Å². The van der Waals surface area contributed by atoms with Gasteiger partial charge in [0.15, 0.2) is 0 Å². The van der Waals surface area contributed by atoms with E-state index in [0.29, 0.717) is 12.3 Å². The second-order valence-corrected chi connectivity index (χ2v) is 3.90. The van der Waals surface area contributed by atoms with Crippen LogP contribution in [0.2, 0.25) is 0 Å². The highest BCUT2D eigenvalue weighted by molar-refractivity contribution is 5.39. The van der Waals surface area contributed by atoms with Crippen molar-refractivity contribution in [2.24, 2.45) is 0 Å². The van der Waals surface area contributed by atoms with Crippen molar-refractivity contribution in [3.05, 3.63) is 41.6 Å². The van der Waals surface area contributed by atoms with E-state index in [0.717, 1.165) is 11.3 Å². The number of ether oxygens (including phenoxy) is 1. The normalized spacial score (nSPS) is 10.5. The molecule has 90 valence electrons. The number of rotatable bonds is 4. The smallest absolute Gasteiger partial charge is 0.219 e. The number of aliphatic hydroxyl groups is 1. The minimum atomic E-state index is 0.0932. The first-order valence-corrected chi connectivity index (χ1v) is 5.55. The van der Waals surface area contributed by atoms with Crippen LogP contribution in [-0.4, -0.2) is 28.6 Å². The third-order valence-electron chi connectivity index (χ3n) is 2.65. The van der Waals surface area contributed by atoms with Crippen molar-refractivity contribution in [2.45, 2.75) is 13.3 Å². The Hall–Kier alpha value is -1.81. The Morgan fingerprint density at radius 1 is 1.29 bits per heavy atom. The Bertz CT molecular complexity index is 489. The van der Waals surface area contributed by atoms with Gasteiger partial charge in [0.2, 0.25) is 5.88 Å². The maximum absolute atomic E-state index is 8.96. The molecule has 0 aliphatic rings. The Morgan fingerprint density at radius 2 is 2.00 bits per heavy atom. The molecule has 0 aliphatic carbocycles. The summed E-state index contributed by atoms with van der Waals surface area (Å²) in [6, 6.07) is 8.05. The third kappa shape index (κ3) is 2.31. The molecule has 1 aromatic carbocycles. The van der Waals surface area contributed by atoms with Crippen LogP contribution >= 0.6 is 0 Å². The minimum Gasteiger partial charge on any atom is -0.481 e. The number of benzene rings is 1. The van der Waals surface area contributed by atoms with Gasteiger partial charge in [0.25, 0.3) is 0 Å². The minimum absolute atomic E-state index is 0.0932. The summed E-state index contributed by atoms with van der Waals surface area (Å²) in [7, 11) is 1.61. The third-order valence-corrected chi connectivity index (χ3v) is 2.65. The molecule has 0 amide bonds. The SMILES string of the molecule is COc1c(CCO)cnn1-c1ccc(C)cc1. The lowest BCUT2D eigenvalue weighted by molar-refractivity contribution is 0.296. The molecule has 1 heterocycles. The van der Waals surface area contributed by atoms with E-state index in [1.807, 2.05) is 31.2 Å². The molecule has 2 rings (SSSR count). The first kappa shape index (κ1) is 11.7. The summed E-state index contributed by atoms with van der Waals surface area (Å²) in [5.74, 6) is 0.683. The summed E-state index contributed by atoms with van der Waals surface area (Å²) < 4.78 is 7.08. The summed E-state index contributed by atoms with van der Waals surface area (Å²) in [4.78, 5) is 0. The zero-order chi connectivity index (χ0) is 12.3. The lowest BCUT2D eigenvalue weighted by Gasteiger charge is -2.07. The van der Waals surface area contributed by atoms with Crippen LogP contribution in [0.3, 0.4) is 0 Å². The van der Waals surface area contributed by atoms with Gasteiger partial charge in [0.05, 0.1) is 19.0 Å². The van der Waals surface area contributed by atoms with Crippen LogP contribution in [-0.2, 0) is 6.42 Å².